The van der Waals surface area contributed by atoms with Gasteiger partial charge in [0.1, 0.15) is 5.82 Å². The number of rotatable bonds is 8. The molecule has 2 aromatic carbocycles. The number of thioether (sulfide) groups is 1. The van der Waals surface area contributed by atoms with Gasteiger partial charge in [0.2, 0.25) is 0 Å². The van der Waals surface area contributed by atoms with Gasteiger partial charge in [0.05, 0.1) is 12.7 Å². The second kappa shape index (κ2) is 12.6. The van der Waals surface area contributed by atoms with E-state index in [1.165, 1.54) is 11.6 Å². The van der Waals surface area contributed by atoms with Gasteiger partial charge < -0.3 is 10.6 Å². The smallest absolute Gasteiger partial charge is 0.191 e. The van der Waals surface area contributed by atoms with Crippen LogP contribution in [0.4, 0.5) is 4.39 Å². The van der Waals surface area contributed by atoms with Crippen molar-refractivity contribution in [2.24, 2.45) is 4.99 Å². The molecule has 1 heterocycles. The predicted octanol–water partition coefficient (Wildman–Crippen LogP) is 4.42. The van der Waals surface area contributed by atoms with Gasteiger partial charge in [0.25, 0.3) is 0 Å². The van der Waals surface area contributed by atoms with Crippen LogP contribution in [-0.4, -0.2) is 29.0 Å². The van der Waals surface area contributed by atoms with Crippen LogP contribution in [0, 0.1) is 5.82 Å². The minimum atomic E-state index is -0.201. The van der Waals surface area contributed by atoms with Gasteiger partial charge in [-0.1, -0.05) is 36.4 Å². The van der Waals surface area contributed by atoms with Gasteiger partial charge in [0.15, 0.2) is 5.96 Å². The van der Waals surface area contributed by atoms with Crippen LogP contribution in [-0.2, 0) is 25.4 Å². The van der Waals surface area contributed by atoms with Crippen molar-refractivity contribution in [2.75, 3.05) is 13.3 Å². The molecule has 5 nitrogen and oxygen atoms in total. The van der Waals surface area contributed by atoms with Crippen LogP contribution < -0.4 is 10.6 Å². The summed E-state index contributed by atoms with van der Waals surface area (Å²) < 4.78 is 15.4. The minimum Gasteiger partial charge on any atom is -0.352 e. The van der Waals surface area contributed by atoms with Gasteiger partial charge in [-0.05, 0) is 35.1 Å². The lowest BCUT2D eigenvalue weighted by atomic mass is 10.1. The second-order valence-corrected chi connectivity index (χ2v) is 7.52. The molecule has 0 aliphatic rings. The monoisotopic (exact) mass is 539 g/mol. The summed E-state index contributed by atoms with van der Waals surface area (Å²) >= 11 is 1.68. The summed E-state index contributed by atoms with van der Waals surface area (Å²) in [6.07, 6.45) is 5.91. The van der Waals surface area contributed by atoms with Gasteiger partial charge in [-0.3, -0.25) is 9.67 Å². The Labute approximate surface area is 198 Å². The summed E-state index contributed by atoms with van der Waals surface area (Å²) in [4.78, 5) is 4.27. The lowest BCUT2D eigenvalue weighted by Gasteiger charge is -2.14. The first kappa shape index (κ1) is 24.2. The van der Waals surface area contributed by atoms with Gasteiger partial charge in [-0.25, -0.2) is 4.39 Å². The summed E-state index contributed by atoms with van der Waals surface area (Å²) in [5, 5.41) is 11.0. The van der Waals surface area contributed by atoms with Crippen molar-refractivity contribution in [2.45, 2.75) is 25.4 Å². The lowest BCUT2D eigenvalue weighted by Crippen LogP contribution is -2.36. The Bertz CT molecular complexity index is 946. The zero-order valence-corrected chi connectivity index (χ0v) is 20.3. The molecule has 0 bridgehead atoms. The van der Waals surface area contributed by atoms with Crippen molar-refractivity contribution < 1.29 is 4.39 Å². The van der Waals surface area contributed by atoms with Gasteiger partial charge in [-0.2, -0.15) is 16.9 Å². The third-order valence-electron chi connectivity index (χ3n) is 4.47. The third kappa shape index (κ3) is 7.32. The molecule has 160 valence electrons. The molecular formula is C22H27FIN5S. The number of benzene rings is 2. The highest BCUT2D eigenvalue weighted by molar-refractivity contribution is 14.0. The Hall–Kier alpha value is -2.07. The maximum atomic E-state index is 13.5. The minimum absolute atomic E-state index is 0. The fourth-order valence-corrected chi connectivity index (χ4v) is 3.58. The predicted molar refractivity (Wildman–Crippen MR) is 134 cm³/mol. The van der Waals surface area contributed by atoms with E-state index >= 15 is 0 Å². The summed E-state index contributed by atoms with van der Waals surface area (Å²) in [5.41, 5.74) is 4.36. The number of nitrogens with zero attached hydrogens (tertiary/aromatic N) is 3. The normalized spacial score (nSPS) is 11.1. The Balaban J connectivity index is 0.00000320. The first-order valence-corrected chi connectivity index (χ1v) is 10.8. The standard InChI is InChI=1S/C22H26FN5S.HI/c1-24-22(26-13-19-8-9-21(23)10-20(19)16-29-2)25-11-18-12-27-28(15-18)14-17-6-4-3-5-7-17;/h3-10,12,15H,11,13-14,16H2,1-2H3,(H2,24,25,26);1H. The molecule has 0 aliphatic heterocycles. The van der Waals surface area contributed by atoms with Gasteiger partial charge in [0, 0.05) is 37.7 Å². The number of aliphatic imine (C=N–C) groups is 1. The molecule has 0 aliphatic carbocycles. The van der Waals surface area contributed by atoms with E-state index in [0.29, 0.717) is 19.0 Å². The van der Waals surface area contributed by atoms with Crippen LogP contribution >= 0.6 is 35.7 Å². The summed E-state index contributed by atoms with van der Waals surface area (Å²) in [6, 6.07) is 15.2. The summed E-state index contributed by atoms with van der Waals surface area (Å²) in [6.45, 7) is 1.95. The van der Waals surface area contributed by atoms with Crippen LogP contribution in [0.5, 0.6) is 0 Å². The molecule has 0 unspecified atom stereocenters. The van der Waals surface area contributed by atoms with Crippen molar-refractivity contribution in [1.82, 2.24) is 20.4 Å². The molecule has 2 N–H and O–H groups in total. The molecule has 0 saturated carbocycles. The number of halogens is 2. The van der Waals surface area contributed by atoms with Crippen molar-refractivity contribution in [3.63, 3.8) is 0 Å². The Kier molecular flexibility index (Phi) is 10.2. The zero-order chi connectivity index (χ0) is 20.5. The molecule has 0 fully saturated rings. The Morgan fingerprint density at radius 3 is 2.57 bits per heavy atom. The van der Waals surface area contributed by atoms with E-state index in [2.05, 4.69) is 32.9 Å². The SMILES string of the molecule is CN=C(NCc1cnn(Cc2ccccc2)c1)NCc1ccc(F)cc1CSC.I. The molecule has 0 saturated heterocycles. The number of nitrogens with one attached hydrogen (secondary N) is 2. The van der Waals surface area contributed by atoms with Crippen LogP contribution in [0.25, 0.3) is 0 Å². The highest BCUT2D eigenvalue weighted by atomic mass is 127. The van der Waals surface area contributed by atoms with Crippen molar-refractivity contribution in [3.8, 4) is 0 Å². The maximum absolute atomic E-state index is 13.5. The zero-order valence-electron chi connectivity index (χ0n) is 17.1. The van der Waals surface area contributed by atoms with E-state index in [1.807, 2.05) is 47.6 Å². The molecule has 3 aromatic rings. The average Bonchev–Trinajstić information content (AvgIpc) is 3.17. The molecule has 0 amide bonds. The van der Waals surface area contributed by atoms with Crippen molar-refractivity contribution in [1.29, 1.82) is 0 Å². The van der Waals surface area contributed by atoms with E-state index < -0.39 is 0 Å². The number of aromatic nitrogens is 2. The average molecular weight is 539 g/mol. The Morgan fingerprint density at radius 2 is 1.83 bits per heavy atom. The number of hydrogen-bond acceptors (Lipinski definition) is 3. The van der Waals surface area contributed by atoms with Crippen LogP contribution in [0.2, 0.25) is 0 Å². The summed E-state index contributed by atoms with van der Waals surface area (Å²) in [7, 11) is 1.74. The third-order valence-corrected chi connectivity index (χ3v) is 5.07. The molecule has 30 heavy (non-hydrogen) atoms. The molecule has 3 rings (SSSR count). The lowest BCUT2D eigenvalue weighted by molar-refractivity contribution is 0.625. The van der Waals surface area contributed by atoms with Gasteiger partial charge in [-0.15, -0.1) is 24.0 Å². The van der Waals surface area contributed by atoms with E-state index in [9.17, 15) is 4.39 Å². The maximum Gasteiger partial charge on any atom is 0.191 e. The van der Waals surface area contributed by atoms with Crippen molar-refractivity contribution >= 4 is 41.7 Å². The molecule has 0 radical (unpaired) electrons. The van der Waals surface area contributed by atoms with Crippen molar-refractivity contribution in [3.05, 3.63) is 89.0 Å². The van der Waals surface area contributed by atoms with E-state index in [1.54, 1.807) is 24.9 Å². The number of guanidine groups is 1. The summed E-state index contributed by atoms with van der Waals surface area (Å²) in [5.74, 6) is 1.27. The highest BCUT2D eigenvalue weighted by Gasteiger charge is 2.06. The molecule has 1 aromatic heterocycles. The number of hydrogen-bond donors (Lipinski definition) is 2. The highest BCUT2D eigenvalue weighted by Crippen LogP contribution is 2.16. The first-order valence-electron chi connectivity index (χ1n) is 9.44. The molecular weight excluding hydrogens is 512 g/mol. The second-order valence-electron chi connectivity index (χ2n) is 6.66. The van der Waals surface area contributed by atoms with Gasteiger partial charge >= 0.3 is 0 Å². The van der Waals surface area contributed by atoms with Crippen LogP contribution in [0.15, 0.2) is 65.9 Å². The molecule has 0 atom stereocenters. The topological polar surface area (TPSA) is 54.2 Å². The fourth-order valence-electron chi connectivity index (χ4n) is 3.00. The van der Waals surface area contributed by atoms with E-state index in [0.717, 1.165) is 29.0 Å². The van der Waals surface area contributed by atoms with E-state index in [-0.39, 0.29) is 29.8 Å². The van der Waals surface area contributed by atoms with E-state index in [4.69, 9.17) is 0 Å². The molecule has 0 spiro atoms. The Morgan fingerprint density at radius 1 is 1.07 bits per heavy atom. The van der Waals surface area contributed by atoms with Crippen LogP contribution in [0.3, 0.4) is 0 Å². The first-order chi connectivity index (χ1) is 14.2. The molecule has 8 heteroatoms. The largest absolute Gasteiger partial charge is 0.352 e. The quantitative estimate of drug-likeness (QED) is 0.253. The fraction of sp³-hybridized carbons (Fsp3) is 0.273. The van der Waals surface area contributed by atoms with Crippen LogP contribution in [0.1, 0.15) is 22.3 Å².